The number of ether oxygens (including phenoxy) is 2. The maximum Gasteiger partial charge on any atom is 0.341 e. The highest BCUT2D eigenvalue weighted by Gasteiger charge is 2.16. The Labute approximate surface area is 169 Å². The fraction of sp³-hybridized carbons (Fsp3) is 0.182. The zero-order valence-electron chi connectivity index (χ0n) is 16.0. The van der Waals surface area contributed by atoms with E-state index in [9.17, 15) is 4.79 Å². The number of halogens is 1. The molecule has 0 heterocycles. The Morgan fingerprint density at radius 1 is 1.11 bits per heavy atom. The van der Waals surface area contributed by atoms with Crippen molar-refractivity contribution in [3.8, 4) is 0 Å². The third kappa shape index (κ3) is 6.28. The van der Waals surface area contributed by atoms with Gasteiger partial charge in [-0.3, -0.25) is 0 Å². The number of hydrogen-bond acceptors (Lipinski definition) is 5. The minimum atomic E-state index is -0.486. The van der Waals surface area contributed by atoms with Gasteiger partial charge in [-0.2, -0.15) is 0 Å². The molecule has 0 fully saturated rings. The molecule has 2 rings (SSSR count). The van der Waals surface area contributed by atoms with Crippen LogP contribution in [-0.4, -0.2) is 25.9 Å². The van der Waals surface area contributed by atoms with Crippen LogP contribution >= 0.6 is 11.6 Å². The number of rotatable bonds is 8. The average molecular weight is 400 g/mol. The van der Waals surface area contributed by atoms with Crippen molar-refractivity contribution in [3.63, 3.8) is 0 Å². The molecule has 0 saturated heterocycles. The Bertz CT molecular complexity index is 886. The summed E-state index contributed by atoms with van der Waals surface area (Å²) in [4.78, 5) is 17.5. The molecule has 0 aliphatic rings. The number of nitrogens with zero attached hydrogens (tertiary/aromatic N) is 1. The van der Waals surface area contributed by atoms with Crippen LogP contribution in [0.4, 0.5) is 0 Å². The lowest BCUT2D eigenvalue weighted by Crippen LogP contribution is -2.07. The monoisotopic (exact) mass is 399 g/mol. The van der Waals surface area contributed by atoms with E-state index in [0.29, 0.717) is 21.9 Å². The van der Waals surface area contributed by atoms with Gasteiger partial charge in [-0.25, -0.2) is 4.79 Å². The molecule has 6 heteroatoms. The minimum absolute atomic E-state index is 0.195. The van der Waals surface area contributed by atoms with E-state index in [-0.39, 0.29) is 6.61 Å². The largest absolute Gasteiger partial charge is 0.503 e. The maximum atomic E-state index is 12.0. The van der Waals surface area contributed by atoms with E-state index in [0.717, 1.165) is 11.1 Å². The Morgan fingerprint density at radius 2 is 1.82 bits per heavy atom. The normalized spacial score (nSPS) is 12.1. The van der Waals surface area contributed by atoms with E-state index in [1.807, 2.05) is 61.5 Å². The first kappa shape index (κ1) is 21.3. The predicted octanol–water partition coefficient (Wildman–Crippen LogP) is 5.11. The number of esters is 1. The summed E-state index contributed by atoms with van der Waals surface area (Å²) in [5.41, 5.74) is 3.48. The molecule has 0 aliphatic heterocycles. The molecule has 28 heavy (non-hydrogen) atoms. The number of carbonyl (C=O) groups excluding carboxylic acids is 1. The van der Waals surface area contributed by atoms with Gasteiger partial charge in [-0.05, 0) is 36.3 Å². The van der Waals surface area contributed by atoms with Crippen LogP contribution in [0.15, 0.2) is 66.0 Å². The van der Waals surface area contributed by atoms with E-state index < -0.39 is 5.97 Å². The SMILES string of the molecule is CO/C=C(\C(=O)OC)c1ccccc1CO/N=C(C)/C=C/c1ccc(Cl)cc1. The van der Waals surface area contributed by atoms with Crippen LogP contribution in [0, 0.1) is 0 Å². The third-order valence-electron chi connectivity index (χ3n) is 3.76. The molecule has 0 spiro atoms. The number of methoxy groups -OCH3 is 2. The van der Waals surface area contributed by atoms with E-state index in [1.54, 1.807) is 6.07 Å². The van der Waals surface area contributed by atoms with Crippen LogP contribution in [0.5, 0.6) is 0 Å². The highest BCUT2D eigenvalue weighted by Crippen LogP contribution is 2.21. The first-order valence-corrected chi connectivity index (χ1v) is 8.92. The van der Waals surface area contributed by atoms with Gasteiger partial charge in [-0.15, -0.1) is 0 Å². The Morgan fingerprint density at radius 3 is 2.50 bits per heavy atom. The number of allylic oxidation sites excluding steroid dienone is 1. The Balaban J connectivity index is 2.08. The van der Waals surface area contributed by atoms with Crippen LogP contribution in [-0.2, 0) is 25.7 Å². The van der Waals surface area contributed by atoms with Gasteiger partial charge in [0.05, 0.1) is 26.2 Å². The second-order valence-electron chi connectivity index (χ2n) is 5.81. The average Bonchev–Trinajstić information content (AvgIpc) is 2.71. The standard InChI is InChI=1S/C22H22ClNO4/c1-16(8-9-17-10-12-19(23)13-11-17)24-28-14-18-6-4-5-7-20(18)21(15-26-2)22(25)27-3/h4-13,15H,14H2,1-3H3/b9-8+,21-15-,24-16+. The van der Waals surface area contributed by atoms with Crippen LogP contribution in [0.2, 0.25) is 5.02 Å². The van der Waals surface area contributed by atoms with Crippen molar-refractivity contribution < 1.29 is 19.1 Å². The molecule has 0 atom stereocenters. The molecular formula is C22H22ClNO4. The molecule has 0 N–H and O–H groups in total. The highest BCUT2D eigenvalue weighted by molar-refractivity contribution is 6.30. The second-order valence-corrected chi connectivity index (χ2v) is 6.24. The summed E-state index contributed by atoms with van der Waals surface area (Å²) in [7, 11) is 2.80. The summed E-state index contributed by atoms with van der Waals surface area (Å²) >= 11 is 5.88. The lowest BCUT2D eigenvalue weighted by molar-refractivity contribution is -0.133. The highest BCUT2D eigenvalue weighted by atomic mass is 35.5. The fourth-order valence-corrected chi connectivity index (χ4v) is 2.51. The number of hydrogen-bond donors (Lipinski definition) is 0. The third-order valence-corrected chi connectivity index (χ3v) is 4.02. The van der Waals surface area contributed by atoms with Crippen molar-refractivity contribution in [1.29, 1.82) is 0 Å². The van der Waals surface area contributed by atoms with Crippen molar-refractivity contribution in [2.45, 2.75) is 13.5 Å². The van der Waals surface area contributed by atoms with Gasteiger partial charge in [0.2, 0.25) is 0 Å². The molecule has 146 valence electrons. The van der Waals surface area contributed by atoms with Crippen LogP contribution in [0.25, 0.3) is 11.6 Å². The summed E-state index contributed by atoms with van der Waals surface area (Å²) in [6.07, 6.45) is 5.12. The van der Waals surface area contributed by atoms with Crippen molar-refractivity contribution in [2.75, 3.05) is 14.2 Å². The Kier molecular flexibility index (Phi) is 8.31. The zero-order valence-corrected chi connectivity index (χ0v) is 16.8. The van der Waals surface area contributed by atoms with Crippen LogP contribution in [0.1, 0.15) is 23.6 Å². The van der Waals surface area contributed by atoms with Gasteiger partial charge in [0.1, 0.15) is 12.2 Å². The van der Waals surface area contributed by atoms with Crippen molar-refractivity contribution in [3.05, 3.63) is 82.6 Å². The van der Waals surface area contributed by atoms with Crippen LogP contribution in [0.3, 0.4) is 0 Å². The van der Waals surface area contributed by atoms with Crippen LogP contribution < -0.4 is 0 Å². The lowest BCUT2D eigenvalue weighted by Gasteiger charge is -2.10. The molecule has 0 aromatic heterocycles. The molecule has 2 aromatic carbocycles. The van der Waals surface area contributed by atoms with E-state index >= 15 is 0 Å². The van der Waals surface area contributed by atoms with Gasteiger partial charge in [0, 0.05) is 10.6 Å². The number of benzene rings is 2. The molecule has 0 amide bonds. The first-order valence-electron chi connectivity index (χ1n) is 8.55. The molecule has 0 bridgehead atoms. The topological polar surface area (TPSA) is 57.1 Å². The lowest BCUT2D eigenvalue weighted by atomic mass is 10.0. The quantitative estimate of drug-likeness (QED) is 0.203. The molecule has 5 nitrogen and oxygen atoms in total. The second kappa shape index (κ2) is 10.9. The molecule has 0 saturated carbocycles. The minimum Gasteiger partial charge on any atom is -0.503 e. The van der Waals surface area contributed by atoms with Crippen molar-refractivity contribution in [2.24, 2.45) is 5.16 Å². The molecule has 0 radical (unpaired) electrons. The number of oxime groups is 1. The van der Waals surface area contributed by atoms with Gasteiger partial charge in [0.15, 0.2) is 0 Å². The molecule has 0 aliphatic carbocycles. The summed E-state index contributed by atoms with van der Waals surface area (Å²) in [5.74, 6) is -0.486. The molecule has 2 aromatic rings. The van der Waals surface area contributed by atoms with Crippen molar-refractivity contribution in [1.82, 2.24) is 0 Å². The summed E-state index contributed by atoms with van der Waals surface area (Å²) in [6, 6.07) is 14.8. The van der Waals surface area contributed by atoms with Gasteiger partial charge in [0.25, 0.3) is 0 Å². The van der Waals surface area contributed by atoms with Crippen molar-refractivity contribution >= 4 is 34.9 Å². The van der Waals surface area contributed by atoms with Gasteiger partial charge >= 0.3 is 5.97 Å². The summed E-state index contributed by atoms with van der Waals surface area (Å²) in [5, 5.41) is 4.79. The molecular weight excluding hydrogens is 378 g/mol. The van der Waals surface area contributed by atoms with Gasteiger partial charge in [-0.1, -0.05) is 59.2 Å². The van der Waals surface area contributed by atoms with E-state index in [1.165, 1.54) is 20.5 Å². The summed E-state index contributed by atoms with van der Waals surface area (Å²) in [6.45, 7) is 2.03. The van der Waals surface area contributed by atoms with E-state index in [2.05, 4.69) is 5.16 Å². The first-order chi connectivity index (χ1) is 13.5. The maximum absolute atomic E-state index is 12.0. The summed E-state index contributed by atoms with van der Waals surface area (Å²) < 4.78 is 9.84. The number of carbonyl (C=O) groups is 1. The smallest absolute Gasteiger partial charge is 0.341 e. The van der Waals surface area contributed by atoms with Gasteiger partial charge < -0.3 is 14.3 Å². The Hall–Kier alpha value is -3.05. The van der Waals surface area contributed by atoms with E-state index in [4.69, 9.17) is 25.9 Å². The fourth-order valence-electron chi connectivity index (χ4n) is 2.38. The molecule has 0 unspecified atom stereocenters. The predicted molar refractivity (Wildman–Crippen MR) is 112 cm³/mol. The zero-order chi connectivity index (χ0) is 20.4.